The van der Waals surface area contributed by atoms with Crippen LogP contribution in [-0.2, 0) is 20.7 Å². The van der Waals surface area contributed by atoms with Crippen molar-refractivity contribution in [2.75, 3.05) is 26.1 Å². The smallest absolute Gasteiger partial charge is 0.306 e. The Kier molecular flexibility index (Phi) is 6.16. The topological polar surface area (TPSA) is 89.7 Å². The average Bonchev–Trinajstić information content (AvgIpc) is 3.13. The maximum Gasteiger partial charge on any atom is 0.306 e. The van der Waals surface area contributed by atoms with Gasteiger partial charge in [0.2, 0.25) is 0 Å². The summed E-state index contributed by atoms with van der Waals surface area (Å²) in [5.74, 6) is 0.177. The molecule has 1 aromatic heterocycles. The third-order valence-electron chi connectivity index (χ3n) is 4.32. The number of hydrogen-bond donors (Lipinski definition) is 2. The van der Waals surface area contributed by atoms with Crippen LogP contribution in [0.25, 0.3) is 10.9 Å². The zero-order chi connectivity index (χ0) is 19.9. The fourth-order valence-corrected chi connectivity index (χ4v) is 2.89. The van der Waals surface area contributed by atoms with Gasteiger partial charge in [-0.05, 0) is 30.2 Å². The summed E-state index contributed by atoms with van der Waals surface area (Å²) in [5.41, 5.74) is 2.51. The number of carbonyl (C=O) groups is 2. The van der Waals surface area contributed by atoms with Gasteiger partial charge in [0.15, 0.2) is 6.61 Å². The number of aryl methyl sites for hydroxylation is 1. The van der Waals surface area contributed by atoms with Crippen molar-refractivity contribution in [3.63, 3.8) is 0 Å². The molecule has 0 fully saturated rings. The second kappa shape index (κ2) is 8.94. The lowest BCUT2D eigenvalue weighted by molar-refractivity contribution is -0.147. The molecule has 0 atom stereocenters. The van der Waals surface area contributed by atoms with E-state index < -0.39 is 11.9 Å². The van der Waals surface area contributed by atoms with E-state index in [0.29, 0.717) is 23.6 Å². The first-order valence-electron chi connectivity index (χ1n) is 8.83. The summed E-state index contributed by atoms with van der Waals surface area (Å²) < 4.78 is 15.4. The van der Waals surface area contributed by atoms with Gasteiger partial charge in [0.25, 0.3) is 5.91 Å². The number of fused-ring (bicyclic) bond motifs is 1. The number of nitrogens with one attached hydrogen (secondary N) is 2. The molecule has 7 heteroatoms. The summed E-state index contributed by atoms with van der Waals surface area (Å²) in [6.07, 6.45) is 2.62. The molecule has 1 amide bonds. The number of carbonyl (C=O) groups excluding carboxylic acids is 2. The van der Waals surface area contributed by atoms with E-state index >= 15 is 0 Å². The maximum atomic E-state index is 12.1. The second-order valence-electron chi connectivity index (χ2n) is 6.13. The van der Waals surface area contributed by atoms with Gasteiger partial charge in [-0.2, -0.15) is 0 Å². The van der Waals surface area contributed by atoms with Gasteiger partial charge in [0.05, 0.1) is 19.9 Å². The quantitative estimate of drug-likeness (QED) is 0.584. The molecule has 28 heavy (non-hydrogen) atoms. The molecular formula is C21H22N2O5. The Morgan fingerprint density at radius 2 is 1.89 bits per heavy atom. The summed E-state index contributed by atoms with van der Waals surface area (Å²) in [5, 5.41) is 3.74. The highest BCUT2D eigenvalue weighted by atomic mass is 16.5. The Hall–Kier alpha value is -3.48. The molecule has 0 saturated carbocycles. The number of H-pyrrole nitrogens is 1. The van der Waals surface area contributed by atoms with Gasteiger partial charge in [0, 0.05) is 29.6 Å². The molecule has 0 bridgehead atoms. The molecule has 0 unspecified atom stereocenters. The number of amides is 1. The van der Waals surface area contributed by atoms with E-state index in [1.807, 2.05) is 30.5 Å². The molecular weight excluding hydrogens is 360 g/mol. The predicted octanol–water partition coefficient (Wildman–Crippen LogP) is 3.30. The first-order chi connectivity index (χ1) is 13.6. The summed E-state index contributed by atoms with van der Waals surface area (Å²) in [7, 11) is 3.03. The van der Waals surface area contributed by atoms with Crippen LogP contribution in [0, 0.1) is 0 Å². The van der Waals surface area contributed by atoms with E-state index in [-0.39, 0.29) is 13.0 Å². The number of rotatable bonds is 8. The number of esters is 1. The second-order valence-corrected chi connectivity index (χ2v) is 6.13. The molecule has 3 aromatic rings. The molecule has 0 aliphatic heterocycles. The van der Waals surface area contributed by atoms with Crippen LogP contribution < -0.4 is 14.8 Å². The van der Waals surface area contributed by atoms with Crippen molar-refractivity contribution in [1.29, 1.82) is 0 Å². The Morgan fingerprint density at radius 1 is 1.07 bits per heavy atom. The van der Waals surface area contributed by atoms with Crippen molar-refractivity contribution in [2.45, 2.75) is 12.8 Å². The molecule has 0 aliphatic carbocycles. The van der Waals surface area contributed by atoms with Crippen LogP contribution in [0.15, 0.2) is 48.7 Å². The molecule has 0 aliphatic rings. The molecule has 2 aromatic carbocycles. The van der Waals surface area contributed by atoms with Gasteiger partial charge >= 0.3 is 5.97 Å². The zero-order valence-electron chi connectivity index (χ0n) is 15.8. The van der Waals surface area contributed by atoms with Crippen LogP contribution in [0.2, 0.25) is 0 Å². The van der Waals surface area contributed by atoms with Crippen LogP contribution in [0.1, 0.15) is 12.0 Å². The SMILES string of the molecule is COc1ccc(OC)c(NC(=O)COC(=O)CCc2c[nH]c3ccccc23)c1. The van der Waals surface area contributed by atoms with Crippen LogP contribution in [0.4, 0.5) is 5.69 Å². The summed E-state index contributed by atoms with van der Waals surface area (Å²) in [6, 6.07) is 12.9. The summed E-state index contributed by atoms with van der Waals surface area (Å²) in [4.78, 5) is 27.3. The van der Waals surface area contributed by atoms with Crippen molar-refractivity contribution in [2.24, 2.45) is 0 Å². The highest BCUT2D eigenvalue weighted by molar-refractivity contribution is 5.94. The van der Waals surface area contributed by atoms with E-state index in [1.165, 1.54) is 14.2 Å². The lowest BCUT2D eigenvalue weighted by atomic mass is 10.1. The third-order valence-corrected chi connectivity index (χ3v) is 4.32. The molecule has 1 heterocycles. The lowest BCUT2D eigenvalue weighted by Crippen LogP contribution is -2.21. The number of methoxy groups -OCH3 is 2. The van der Waals surface area contributed by atoms with Crippen LogP contribution in [0.3, 0.4) is 0 Å². The number of ether oxygens (including phenoxy) is 3. The van der Waals surface area contributed by atoms with Gasteiger partial charge < -0.3 is 24.5 Å². The van der Waals surface area contributed by atoms with Gasteiger partial charge in [-0.25, -0.2) is 0 Å². The van der Waals surface area contributed by atoms with Crippen LogP contribution >= 0.6 is 0 Å². The first kappa shape index (κ1) is 19.3. The highest BCUT2D eigenvalue weighted by Gasteiger charge is 2.12. The van der Waals surface area contributed by atoms with Crippen molar-refractivity contribution < 1.29 is 23.8 Å². The monoisotopic (exact) mass is 382 g/mol. The number of hydrogen-bond acceptors (Lipinski definition) is 5. The van der Waals surface area contributed by atoms with Gasteiger partial charge in [-0.3, -0.25) is 9.59 Å². The fraction of sp³-hybridized carbons (Fsp3) is 0.238. The predicted molar refractivity (Wildman–Crippen MR) is 106 cm³/mol. The minimum absolute atomic E-state index is 0.192. The Balaban J connectivity index is 1.50. The van der Waals surface area contributed by atoms with Crippen molar-refractivity contribution >= 4 is 28.5 Å². The summed E-state index contributed by atoms with van der Waals surface area (Å²) in [6.45, 7) is -0.368. The van der Waals surface area contributed by atoms with Gasteiger partial charge in [-0.15, -0.1) is 0 Å². The van der Waals surface area contributed by atoms with Crippen molar-refractivity contribution in [1.82, 2.24) is 4.98 Å². The standard InChI is InChI=1S/C21H22N2O5/c1-26-15-8-9-19(27-2)18(11-15)23-20(24)13-28-21(25)10-7-14-12-22-17-6-4-3-5-16(14)17/h3-6,8-9,11-12,22H,7,10,13H2,1-2H3,(H,23,24). The average molecular weight is 382 g/mol. The van der Waals surface area contributed by atoms with Crippen molar-refractivity contribution in [3.05, 3.63) is 54.2 Å². The van der Waals surface area contributed by atoms with Gasteiger partial charge in [-0.1, -0.05) is 18.2 Å². The van der Waals surface area contributed by atoms with E-state index in [4.69, 9.17) is 14.2 Å². The van der Waals surface area contributed by atoms with Crippen LogP contribution in [0.5, 0.6) is 11.5 Å². The molecule has 0 saturated heterocycles. The zero-order valence-corrected chi connectivity index (χ0v) is 15.8. The fourth-order valence-electron chi connectivity index (χ4n) is 2.89. The lowest BCUT2D eigenvalue weighted by Gasteiger charge is -2.12. The Bertz CT molecular complexity index is 980. The number of para-hydroxylation sites is 1. The number of aromatic amines is 1. The maximum absolute atomic E-state index is 12.1. The van der Waals surface area contributed by atoms with E-state index in [2.05, 4.69) is 10.3 Å². The van der Waals surface area contributed by atoms with E-state index in [9.17, 15) is 9.59 Å². The summed E-state index contributed by atoms with van der Waals surface area (Å²) >= 11 is 0. The number of anilines is 1. The van der Waals surface area contributed by atoms with Gasteiger partial charge in [0.1, 0.15) is 11.5 Å². The minimum Gasteiger partial charge on any atom is -0.497 e. The van der Waals surface area contributed by atoms with E-state index in [0.717, 1.165) is 16.5 Å². The Labute approximate surface area is 162 Å². The molecule has 146 valence electrons. The van der Waals surface area contributed by atoms with Crippen molar-refractivity contribution in [3.8, 4) is 11.5 Å². The molecule has 0 radical (unpaired) electrons. The molecule has 0 spiro atoms. The molecule has 2 N–H and O–H groups in total. The van der Waals surface area contributed by atoms with E-state index in [1.54, 1.807) is 18.2 Å². The number of benzene rings is 2. The first-order valence-corrected chi connectivity index (χ1v) is 8.83. The molecule has 7 nitrogen and oxygen atoms in total. The minimum atomic E-state index is -0.452. The van der Waals surface area contributed by atoms with Crippen LogP contribution in [-0.4, -0.2) is 37.7 Å². The third kappa shape index (κ3) is 4.62. The molecule has 3 rings (SSSR count). The Morgan fingerprint density at radius 3 is 2.68 bits per heavy atom. The number of aromatic nitrogens is 1. The highest BCUT2D eigenvalue weighted by Crippen LogP contribution is 2.28. The largest absolute Gasteiger partial charge is 0.497 e. The normalized spacial score (nSPS) is 10.5.